The van der Waals surface area contributed by atoms with E-state index in [0.717, 1.165) is 24.4 Å². The summed E-state index contributed by atoms with van der Waals surface area (Å²) in [4.78, 5) is 28.9. The number of rotatable bonds is 7. The number of likely N-dealkylation sites (tertiary alicyclic amines) is 1. The summed E-state index contributed by atoms with van der Waals surface area (Å²) in [5, 5.41) is 2.95. The highest BCUT2D eigenvalue weighted by Gasteiger charge is 2.27. The Morgan fingerprint density at radius 1 is 1.15 bits per heavy atom. The molecule has 6 heteroatoms. The molecule has 2 aliphatic heterocycles. The van der Waals surface area contributed by atoms with Gasteiger partial charge in [-0.05, 0) is 58.0 Å². The molecule has 2 aliphatic rings. The van der Waals surface area contributed by atoms with E-state index in [-0.39, 0.29) is 30.8 Å². The van der Waals surface area contributed by atoms with Gasteiger partial charge in [-0.2, -0.15) is 0 Å². The number of piperidine rings is 1. The first kappa shape index (κ1) is 19.7. The van der Waals surface area contributed by atoms with Crippen LogP contribution in [-0.2, 0) is 9.59 Å². The van der Waals surface area contributed by atoms with Crippen molar-refractivity contribution in [1.29, 1.82) is 0 Å². The lowest BCUT2D eigenvalue weighted by Gasteiger charge is -2.33. The molecule has 0 aromatic heterocycles. The Hall–Kier alpha value is -2.08. The highest BCUT2D eigenvalue weighted by molar-refractivity contribution is 5.97. The molecule has 1 atom stereocenters. The minimum absolute atomic E-state index is 0.0268. The molecule has 27 heavy (non-hydrogen) atoms. The number of benzene rings is 1. The van der Waals surface area contributed by atoms with E-state index in [4.69, 9.17) is 4.74 Å². The third kappa shape index (κ3) is 5.70. The Morgan fingerprint density at radius 3 is 2.74 bits per heavy atom. The van der Waals surface area contributed by atoms with Crippen LogP contribution in [0.25, 0.3) is 0 Å². The summed E-state index contributed by atoms with van der Waals surface area (Å²) in [6.45, 7) is 6.56. The number of fused-ring (bicyclic) bond motifs is 1. The normalized spacial score (nSPS) is 19.9. The third-order valence-electron chi connectivity index (χ3n) is 5.21. The lowest BCUT2D eigenvalue weighted by molar-refractivity contribution is -0.125. The van der Waals surface area contributed by atoms with Gasteiger partial charge in [-0.15, -0.1) is 0 Å². The Morgan fingerprint density at radius 2 is 1.93 bits per heavy atom. The van der Waals surface area contributed by atoms with Crippen LogP contribution in [0, 0.1) is 0 Å². The lowest BCUT2D eigenvalue weighted by Crippen LogP contribution is -2.42. The second kappa shape index (κ2) is 9.74. The zero-order valence-corrected chi connectivity index (χ0v) is 16.3. The largest absolute Gasteiger partial charge is 0.487 e. The molecule has 1 aromatic rings. The molecule has 0 radical (unpaired) electrons. The number of ether oxygens (including phenoxy) is 1. The van der Waals surface area contributed by atoms with Crippen LogP contribution in [0.3, 0.4) is 0 Å². The standard InChI is InChI=1S/C21H31N3O3/c1-17-16-24(18-8-3-4-9-19(18)27-17)21(26)11-10-20(25)22-12-7-15-23-13-5-2-6-14-23/h3-4,8-9,17H,2,5-7,10-16H2,1H3,(H,22,25). The smallest absolute Gasteiger partial charge is 0.227 e. The van der Waals surface area contributed by atoms with Crippen LogP contribution in [0.5, 0.6) is 5.75 Å². The number of hydrogen-bond donors (Lipinski definition) is 1. The van der Waals surface area contributed by atoms with E-state index >= 15 is 0 Å². The van der Waals surface area contributed by atoms with E-state index < -0.39 is 0 Å². The van der Waals surface area contributed by atoms with Gasteiger partial charge in [0, 0.05) is 19.4 Å². The number of anilines is 1. The van der Waals surface area contributed by atoms with Gasteiger partial charge >= 0.3 is 0 Å². The highest BCUT2D eigenvalue weighted by Crippen LogP contribution is 2.33. The summed E-state index contributed by atoms with van der Waals surface area (Å²) >= 11 is 0. The van der Waals surface area contributed by atoms with Crippen molar-refractivity contribution < 1.29 is 14.3 Å². The van der Waals surface area contributed by atoms with E-state index in [1.54, 1.807) is 4.90 Å². The van der Waals surface area contributed by atoms with Crippen LogP contribution in [0.2, 0.25) is 0 Å². The molecule has 0 aliphatic carbocycles. The second-order valence-corrected chi connectivity index (χ2v) is 7.51. The maximum absolute atomic E-state index is 12.6. The molecule has 2 amide bonds. The number of hydrogen-bond acceptors (Lipinski definition) is 4. The third-order valence-corrected chi connectivity index (χ3v) is 5.21. The fraction of sp³-hybridized carbons (Fsp3) is 0.619. The molecule has 3 rings (SSSR count). The molecule has 0 saturated carbocycles. The molecule has 1 N–H and O–H groups in total. The second-order valence-electron chi connectivity index (χ2n) is 7.51. The van der Waals surface area contributed by atoms with Crippen LogP contribution < -0.4 is 15.0 Å². The number of carbonyl (C=O) groups excluding carboxylic acids is 2. The molecular weight excluding hydrogens is 342 g/mol. The SMILES string of the molecule is CC1CN(C(=O)CCC(=O)NCCCN2CCCCC2)c2ccccc2O1. The van der Waals surface area contributed by atoms with Crippen molar-refractivity contribution in [2.45, 2.75) is 51.6 Å². The first-order valence-electron chi connectivity index (χ1n) is 10.2. The van der Waals surface area contributed by atoms with Crippen molar-refractivity contribution in [3.8, 4) is 5.75 Å². The molecule has 148 valence electrons. The minimum Gasteiger partial charge on any atom is -0.487 e. The Labute approximate surface area is 161 Å². The first-order valence-corrected chi connectivity index (χ1v) is 10.2. The maximum atomic E-state index is 12.6. The van der Waals surface area contributed by atoms with Gasteiger partial charge in [0.15, 0.2) is 0 Å². The van der Waals surface area contributed by atoms with E-state index in [1.165, 1.54) is 32.4 Å². The summed E-state index contributed by atoms with van der Waals surface area (Å²) in [6.07, 6.45) is 5.29. The number of nitrogens with one attached hydrogen (secondary N) is 1. The minimum atomic E-state index is -0.0486. The monoisotopic (exact) mass is 373 g/mol. The molecule has 2 heterocycles. The van der Waals surface area contributed by atoms with Gasteiger partial charge < -0.3 is 19.9 Å². The predicted octanol–water partition coefficient (Wildman–Crippen LogP) is 2.57. The summed E-state index contributed by atoms with van der Waals surface area (Å²) in [6, 6.07) is 7.56. The Bertz CT molecular complexity index is 643. The van der Waals surface area contributed by atoms with Gasteiger partial charge in [0.05, 0.1) is 12.2 Å². The number of nitrogens with zero attached hydrogens (tertiary/aromatic N) is 2. The summed E-state index contributed by atoms with van der Waals surface area (Å²) in [5.41, 5.74) is 0.794. The molecule has 1 saturated heterocycles. The van der Waals surface area contributed by atoms with Crippen LogP contribution in [0.1, 0.15) is 45.4 Å². The average Bonchev–Trinajstić information content (AvgIpc) is 2.69. The van der Waals surface area contributed by atoms with E-state index in [2.05, 4.69) is 10.2 Å². The van der Waals surface area contributed by atoms with Crippen LogP contribution in [0.15, 0.2) is 24.3 Å². The summed E-state index contributed by atoms with van der Waals surface area (Å²) in [7, 11) is 0. The van der Waals surface area contributed by atoms with E-state index in [9.17, 15) is 9.59 Å². The van der Waals surface area contributed by atoms with E-state index in [0.29, 0.717) is 13.1 Å². The first-order chi connectivity index (χ1) is 13.1. The van der Waals surface area contributed by atoms with Crippen molar-refractivity contribution in [2.75, 3.05) is 37.6 Å². The molecule has 6 nitrogen and oxygen atoms in total. The fourth-order valence-electron chi connectivity index (χ4n) is 3.78. The highest BCUT2D eigenvalue weighted by atomic mass is 16.5. The zero-order chi connectivity index (χ0) is 19.1. The van der Waals surface area contributed by atoms with Gasteiger partial charge in [0.1, 0.15) is 11.9 Å². The topological polar surface area (TPSA) is 61.9 Å². The molecule has 1 aromatic carbocycles. The average molecular weight is 373 g/mol. The Balaban J connectivity index is 1.38. The van der Waals surface area contributed by atoms with E-state index in [1.807, 2.05) is 31.2 Å². The van der Waals surface area contributed by atoms with Crippen LogP contribution in [-0.4, -0.2) is 55.5 Å². The lowest BCUT2D eigenvalue weighted by atomic mass is 10.1. The molecular formula is C21H31N3O3. The Kier molecular flexibility index (Phi) is 7.10. The molecule has 0 spiro atoms. The van der Waals surface area contributed by atoms with Gasteiger partial charge in [0.25, 0.3) is 0 Å². The number of carbonyl (C=O) groups is 2. The van der Waals surface area contributed by atoms with Crippen molar-refractivity contribution >= 4 is 17.5 Å². The van der Waals surface area contributed by atoms with Crippen molar-refractivity contribution in [1.82, 2.24) is 10.2 Å². The van der Waals surface area contributed by atoms with Crippen molar-refractivity contribution in [3.05, 3.63) is 24.3 Å². The fourth-order valence-corrected chi connectivity index (χ4v) is 3.78. The van der Waals surface area contributed by atoms with Crippen molar-refractivity contribution in [2.24, 2.45) is 0 Å². The van der Waals surface area contributed by atoms with Gasteiger partial charge in [-0.25, -0.2) is 0 Å². The predicted molar refractivity (Wildman–Crippen MR) is 106 cm³/mol. The number of amides is 2. The van der Waals surface area contributed by atoms with Gasteiger partial charge in [0.2, 0.25) is 11.8 Å². The van der Waals surface area contributed by atoms with Crippen molar-refractivity contribution in [3.63, 3.8) is 0 Å². The van der Waals surface area contributed by atoms with Crippen LogP contribution >= 0.6 is 0 Å². The maximum Gasteiger partial charge on any atom is 0.227 e. The van der Waals surface area contributed by atoms with Gasteiger partial charge in [-0.1, -0.05) is 18.6 Å². The summed E-state index contributed by atoms with van der Waals surface area (Å²) < 4.78 is 5.78. The van der Waals surface area contributed by atoms with Gasteiger partial charge in [-0.3, -0.25) is 9.59 Å². The molecule has 1 unspecified atom stereocenters. The summed E-state index contributed by atoms with van der Waals surface area (Å²) in [5.74, 6) is 0.657. The van der Waals surface area contributed by atoms with Crippen LogP contribution in [0.4, 0.5) is 5.69 Å². The number of para-hydroxylation sites is 2. The molecule has 0 bridgehead atoms. The zero-order valence-electron chi connectivity index (χ0n) is 16.3. The quantitative estimate of drug-likeness (QED) is 0.746. The molecule has 1 fully saturated rings.